The lowest BCUT2D eigenvalue weighted by atomic mass is 9.99. The van der Waals surface area contributed by atoms with Crippen molar-refractivity contribution >= 4 is 0 Å². The second kappa shape index (κ2) is 8.89. The maximum Gasteiger partial charge on any atom is 0.186 e. The Morgan fingerprint density at radius 3 is 2.35 bits per heavy atom. The maximum absolute atomic E-state index is 9.72. The molecule has 1 aliphatic heterocycles. The smallest absolute Gasteiger partial charge is 0.186 e. The van der Waals surface area contributed by atoms with Crippen LogP contribution in [0.4, 0.5) is 0 Å². The van der Waals surface area contributed by atoms with E-state index in [1.807, 2.05) is 0 Å². The summed E-state index contributed by atoms with van der Waals surface area (Å²) in [5, 5.41) is 47.0. The first-order valence-corrected chi connectivity index (χ1v) is 7.07. The van der Waals surface area contributed by atoms with Crippen molar-refractivity contribution in [2.75, 3.05) is 13.2 Å². The molecule has 1 heterocycles. The van der Waals surface area contributed by atoms with Crippen LogP contribution in [0.15, 0.2) is 0 Å². The number of hydrogen-bond donors (Lipinski definition) is 5. The minimum atomic E-state index is -1.40. The maximum atomic E-state index is 9.72. The van der Waals surface area contributed by atoms with Gasteiger partial charge >= 0.3 is 0 Å². The number of hydrogen-bond acceptors (Lipinski definition) is 7. The lowest BCUT2D eigenvalue weighted by molar-refractivity contribution is -0.301. The second-order valence-corrected chi connectivity index (χ2v) is 5.27. The van der Waals surface area contributed by atoms with Crippen LogP contribution in [0.1, 0.15) is 32.6 Å². The van der Waals surface area contributed by atoms with Crippen LogP contribution < -0.4 is 0 Å². The van der Waals surface area contributed by atoms with Gasteiger partial charge in [-0.05, 0) is 19.8 Å². The highest BCUT2D eigenvalue weighted by Gasteiger charge is 2.43. The van der Waals surface area contributed by atoms with Crippen molar-refractivity contribution in [3.8, 4) is 0 Å². The first-order valence-electron chi connectivity index (χ1n) is 7.07. The van der Waals surface area contributed by atoms with Crippen molar-refractivity contribution in [3.63, 3.8) is 0 Å². The molecule has 1 unspecified atom stereocenters. The highest BCUT2D eigenvalue weighted by atomic mass is 16.7. The summed E-state index contributed by atoms with van der Waals surface area (Å²) in [6, 6.07) is 0. The fraction of sp³-hybridized carbons (Fsp3) is 1.00. The zero-order valence-corrected chi connectivity index (χ0v) is 11.8. The van der Waals surface area contributed by atoms with Crippen LogP contribution in [0.5, 0.6) is 0 Å². The average molecular weight is 294 g/mol. The molecule has 0 spiro atoms. The average Bonchev–Trinajstić information content (AvgIpc) is 2.42. The Labute approximate surface area is 118 Å². The molecule has 0 amide bonds. The van der Waals surface area contributed by atoms with E-state index in [9.17, 15) is 15.3 Å². The normalized spacial score (nSPS) is 36.0. The molecule has 7 heteroatoms. The predicted octanol–water partition coefficient (Wildman–Crippen LogP) is -1.26. The molecule has 1 rings (SSSR count). The van der Waals surface area contributed by atoms with Crippen LogP contribution in [0.3, 0.4) is 0 Å². The van der Waals surface area contributed by atoms with E-state index in [0.29, 0.717) is 6.61 Å². The van der Waals surface area contributed by atoms with Gasteiger partial charge in [-0.1, -0.05) is 12.8 Å². The minimum Gasteiger partial charge on any atom is -0.394 e. The SMILES string of the molecule is CC(O)CCCCCO[C@@H]1O[C@H](CO)[C@@H](O)[C@H](O)[C@H]1O. The van der Waals surface area contributed by atoms with Crippen molar-refractivity contribution in [2.24, 2.45) is 0 Å². The van der Waals surface area contributed by atoms with Crippen molar-refractivity contribution < 1.29 is 35.0 Å². The van der Waals surface area contributed by atoms with Crippen molar-refractivity contribution in [1.29, 1.82) is 0 Å². The first kappa shape index (κ1) is 17.8. The number of unbranched alkanes of at least 4 members (excludes halogenated alkanes) is 2. The lowest BCUT2D eigenvalue weighted by Crippen LogP contribution is -2.59. The third-order valence-electron chi connectivity index (χ3n) is 3.40. The molecule has 120 valence electrons. The monoisotopic (exact) mass is 294 g/mol. The third kappa shape index (κ3) is 5.25. The van der Waals surface area contributed by atoms with E-state index in [4.69, 9.17) is 19.7 Å². The second-order valence-electron chi connectivity index (χ2n) is 5.27. The van der Waals surface area contributed by atoms with Gasteiger partial charge in [-0.25, -0.2) is 0 Å². The van der Waals surface area contributed by atoms with E-state index < -0.39 is 37.3 Å². The Hall–Kier alpha value is -0.280. The zero-order chi connectivity index (χ0) is 15.1. The van der Waals surface area contributed by atoms with Crippen LogP contribution in [0.25, 0.3) is 0 Å². The van der Waals surface area contributed by atoms with Gasteiger partial charge in [-0.2, -0.15) is 0 Å². The van der Waals surface area contributed by atoms with Gasteiger partial charge in [0.2, 0.25) is 0 Å². The summed E-state index contributed by atoms with van der Waals surface area (Å²) in [6.07, 6.45) is -3.16. The summed E-state index contributed by atoms with van der Waals surface area (Å²) < 4.78 is 10.5. The molecule has 7 nitrogen and oxygen atoms in total. The molecule has 0 bridgehead atoms. The molecule has 0 saturated carbocycles. The number of rotatable bonds is 8. The van der Waals surface area contributed by atoms with Gasteiger partial charge < -0.3 is 35.0 Å². The van der Waals surface area contributed by atoms with Gasteiger partial charge in [0.25, 0.3) is 0 Å². The van der Waals surface area contributed by atoms with Gasteiger partial charge in [0.15, 0.2) is 6.29 Å². The Kier molecular flexibility index (Phi) is 7.90. The standard InChI is InChI=1S/C13H26O7/c1-8(15)5-3-2-4-6-19-13-12(18)11(17)10(16)9(7-14)20-13/h8-18H,2-7H2,1H3/t8?,9-,10-,11+,12-,13-/m1/s1. The number of aliphatic hydroxyl groups is 5. The lowest BCUT2D eigenvalue weighted by Gasteiger charge is -2.39. The highest BCUT2D eigenvalue weighted by Crippen LogP contribution is 2.22. The molecular weight excluding hydrogens is 268 g/mol. The van der Waals surface area contributed by atoms with E-state index in [2.05, 4.69) is 0 Å². The molecule has 0 aromatic heterocycles. The molecule has 0 radical (unpaired) electrons. The van der Waals surface area contributed by atoms with E-state index >= 15 is 0 Å². The third-order valence-corrected chi connectivity index (χ3v) is 3.40. The Morgan fingerprint density at radius 2 is 1.75 bits per heavy atom. The van der Waals surface area contributed by atoms with Gasteiger partial charge in [0.1, 0.15) is 24.4 Å². The fourth-order valence-electron chi connectivity index (χ4n) is 2.12. The summed E-state index contributed by atoms with van der Waals surface area (Å²) in [7, 11) is 0. The molecule has 0 aliphatic carbocycles. The van der Waals surface area contributed by atoms with Crippen molar-refractivity contribution in [3.05, 3.63) is 0 Å². The van der Waals surface area contributed by atoms with Crippen LogP contribution in [-0.4, -0.2) is 75.6 Å². The van der Waals surface area contributed by atoms with Crippen LogP contribution in [0.2, 0.25) is 0 Å². The molecular formula is C13H26O7. The largest absolute Gasteiger partial charge is 0.394 e. The van der Waals surface area contributed by atoms with Crippen LogP contribution in [-0.2, 0) is 9.47 Å². The minimum absolute atomic E-state index is 0.304. The molecule has 0 aromatic rings. The predicted molar refractivity (Wildman–Crippen MR) is 69.9 cm³/mol. The Bertz CT molecular complexity index is 259. The number of aliphatic hydroxyl groups excluding tert-OH is 5. The van der Waals surface area contributed by atoms with E-state index in [-0.39, 0.29) is 6.10 Å². The molecule has 0 aromatic carbocycles. The zero-order valence-electron chi connectivity index (χ0n) is 11.8. The van der Waals surface area contributed by atoms with Gasteiger partial charge in [0.05, 0.1) is 12.7 Å². The fourth-order valence-corrected chi connectivity index (χ4v) is 2.12. The van der Waals surface area contributed by atoms with E-state index in [0.717, 1.165) is 25.7 Å². The van der Waals surface area contributed by atoms with Crippen LogP contribution >= 0.6 is 0 Å². The van der Waals surface area contributed by atoms with Crippen LogP contribution in [0, 0.1) is 0 Å². The number of ether oxygens (including phenoxy) is 2. The summed E-state index contributed by atoms with van der Waals surface area (Å²) in [6.45, 7) is 1.62. The van der Waals surface area contributed by atoms with E-state index in [1.54, 1.807) is 6.92 Å². The van der Waals surface area contributed by atoms with Gasteiger partial charge in [-0.15, -0.1) is 0 Å². The summed E-state index contributed by atoms with van der Waals surface area (Å²) in [4.78, 5) is 0. The molecule has 20 heavy (non-hydrogen) atoms. The molecule has 6 atom stereocenters. The van der Waals surface area contributed by atoms with Crippen molar-refractivity contribution in [2.45, 2.75) is 69.4 Å². The summed E-state index contributed by atoms with van der Waals surface area (Å²) in [5.41, 5.74) is 0. The van der Waals surface area contributed by atoms with Gasteiger partial charge in [-0.3, -0.25) is 0 Å². The van der Waals surface area contributed by atoms with E-state index in [1.165, 1.54) is 0 Å². The topological polar surface area (TPSA) is 120 Å². The Balaban J connectivity index is 2.25. The summed E-state index contributed by atoms with van der Waals surface area (Å²) >= 11 is 0. The molecule has 1 saturated heterocycles. The highest BCUT2D eigenvalue weighted by molar-refractivity contribution is 4.88. The quantitative estimate of drug-likeness (QED) is 0.355. The summed E-state index contributed by atoms with van der Waals surface area (Å²) in [5.74, 6) is 0. The Morgan fingerprint density at radius 1 is 1.05 bits per heavy atom. The molecule has 5 N–H and O–H groups in total. The molecule has 1 aliphatic rings. The first-order chi connectivity index (χ1) is 9.47. The molecule has 1 fully saturated rings. The van der Waals surface area contributed by atoms with Crippen molar-refractivity contribution in [1.82, 2.24) is 0 Å². The van der Waals surface area contributed by atoms with Gasteiger partial charge in [0, 0.05) is 6.61 Å².